The number of hydrogen-bond donors (Lipinski definition) is 0. The average Bonchev–Trinajstić information content (AvgIpc) is 3.42. The van der Waals surface area contributed by atoms with Gasteiger partial charge < -0.3 is 9.64 Å². The molecule has 3 nitrogen and oxygen atoms in total. The lowest BCUT2D eigenvalue weighted by Crippen LogP contribution is -2.40. The largest absolute Gasteiger partial charge is 0.378 e. The van der Waals surface area contributed by atoms with Crippen LogP contribution in [0, 0.1) is 0 Å². The van der Waals surface area contributed by atoms with Crippen LogP contribution in [0.25, 0.3) is 0 Å². The number of carbonyl (C=O) groups excluding carboxylic acids is 1. The predicted octanol–water partition coefficient (Wildman–Crippen LogP) is 5.81. The summed E-state index contributed by atoms with van der Waals surface area (Å²) in [5.74, 6) is 0.334. The maximum Gasteiger partial charge on any atom is 0.222 e. The smallest absolute Gasteiger partial charge is 0.222 e. The molecule has 152 valence electrons. The lowest BCUT2D eigenvalue weighted by atomic mass is 10.0. The molecule has 0 unspecified atom stereocenters. The van der Waals surface area contributed by atoms with Crippen molar-refractivity contribution >= 4 is 17.7 Å². The van der Waals surface area contributed by atoms with E-state index in [9.17, 15) is 4.79 Å². The minimum Gasteiger partial charge on any atom is -0.378 e. The van der Waals surface area contributed by atoms with Gasteiger partial charge in [0.05, 0.1) is 13.2 Å². The lowest BCUT2D eigenvalue weighted by molar-refractivity contribution is -0.135. The van der Waals surface area contributed by atoms with Crippen LogP contribution in [0.1, 0.15) is 96.8 Å². The van der Waals surface area contributed by atoms with Gasteiger partial charge in [-0.2, -0.15) is 11.8 Å². The Bertz CT molecular complexity index is 371. The van der Waals surface area contributed by atoms with E-state index in [-0.39, 0.29) is 0 Å². The molecule has 2 fully saturated rings. The molecule has 0 radical (unpaired) electrons. The molecule has 0 aromatic rings. The van der Waals surface area contributed by atoms with Gasteiger partial charge in [0, 0.05) is 30.0 Å². The van der Waals surface area contributed by atoms with E-state index in [1.807, 2.05) is 4.90 Å². The number of amides is 1. The summed E-state index contributed by atoms with van der Waals surface area (Å²) in [6.07, 6.45) is 18.5. The number of nitrogens with zero attached hydrogens (tertiary/aromatic N) is 1. The van der Waals surface area contributed by atoms with Crippen molar-refractivity contribution < 1.29 is 9.53 Å². The summed E-state index contributed by atoms with van der Waals surface area (Å²) in [5, 5.41) is 1.97. The van der Waals surface area contributed by atoms with Crippen LogP contribution in [0.5, 0.6) is 0 Å². The third kappa shape index (κ3) is 9.64. The van der Waals surface area contributed by atoms with Crippen molar-refractivity contribution in [3.8, 4) is 0 Å². The standard InChI is InChI=1S/C22H41NO2S/c1-2-3-4-5-7-10-13-20-21(26-20)14-11-8-6-9-12-15-22(24)23-16-18-25-19-17-23/h20-21H,2-19H2,1H3/t20-,21+/m1/s1. The molecule has 0 N–H and O–H groups in total. The fourth-order valence-corrected chi connectivity index (χ4v) is 5.17. The first-order chi connectivity index (χ1) is 12.8. The molecule has 2 heterocycles. The van der Waals surface area contributed by atoms with E-state index < -0.39 is 0 Å². The molecule has 0 aromatic carbocycles. The van der Waals surface area contributed by atoms with Crippen LogP contribution in [0.2, 0.25) is 0 Å². The van der Waals surface area contributed by atoms with Gasteiger partial charge in [-0.25, -0.2) is 0 Å². The summed E-state index contributed by atoms with van der Waals surface area (Å²) in [7, 11) is 0. The van der Waals surface area contributed by atoms with Gasteiger partial charge in [-0.05, 0) is 19.3 Å². The summed E-state index contributed by atoms with van der Waals surface area (Å²) in [5.41, 5.74) is 0. The SMILES string of the molecule is CCCCCCCC[C@H]1S[C@H]1CCCCCCCC(=O)N1CCOCC1. The minimum atomic E-state index is 0.334. The van der Waals surface area contributed by atoms with E-state index in [4.69, 9.17) is 4.74 Å². The van der Waals surface area contributed by atoms with Crippen molar-refractivity contribution in [3.63, 3.8) is 0 Å². The van der Waals surface area contributed by atoms with Gasteiger partial charge in [-0.1, -0.05) is 71.1 Å². The zero-order valence-electron chi connectivity index (χ0n) is 17.1. The number of morpholine rings is 1. The van der Waals surface area contributed by atoms with Gasteiger partial charge in [0.1, 0.15) is 0 Å². The Kier molecular flexibility index (Phi) is 11.8. The molecular formula is C22H41NO2S. The topological polar surface area (TPSA) is 29.5 Å². The average molecular weight is 384 g/mol. The Morgan fingerprint density at radius 3 is 2.00 bits per heavy atom. The van der Waals surface area contributed by atoms with Gasteiger partial charge >= 0.3 is 0 Å². The molecule has 0 bridgehead atoms. The maximum atomic E-state index is 12.0. The third-order valence-electron chi connectivity index (χ3n) is 5.77. The van der Waals surface area contributed by atoms with Gasteiger partial charge in [-0.15, -0.1) is 0 Å². The summed E-state index contributed by atoms with van der Waals surface area (Å²) in [4.78, 5) is 14.0. The third-order valence-corrected chi connectivity index (χ3v) is 7.29. The van der Waals surface area contributed by atoms with Gasteiger partial charge in [0.25, 0.3) is 0 Å². The van der Waals surface area contributed by atoms with Crippen LogP contribution in [0.4, 0.5) is 0 Å². The summed E-state index contributed by atoms with van der Waals surface area (Å²) >= 11 is 2.23. The summed E-state index contributed by atoms with van der Waals surface area (Å²) in [6.45, 7) is 5.29. The van der Waals surface area contributed by atoms with Gasteiger partial charge in [-0.3, -0.25) is 4.79 Å². The van der Waals surface area contributed by atoms with E-state index in [0.717, 1.165) is 36.4 Å². The molecule has 0 spiro atoms. The van der Waals surface area contributed by atoms with E-state index in [2.05, 4.69) is 18.7 Å². The van der Waals surface area contributed by atoms with Crippen molar-refractivity contribution in [1.29, 1.82) is 0 Å². The molecule has 2 saturated heterocycles. The Hall–Kier alpha value is -0.220. The zero-order chi connectivity index (χ0) is 18.5. The van der Waals surface area contributed by atoms with Crippen molar-refractivity contribution in [3.05, 3.63) is 0 Å². The number of rotatable bonds is 15. The lowest BCUT2D eigenvalue weighted by Gasteiger charge is -2.26. The van der Waals surface area contributed by atoms with E-state index in [1.54, 1.807) is 0 Å². The molecule has 2 aliphatic heterocycles. The highest BCUT2D eigenvalue weighted by Gasteiger charge is 2.36. The predicted molar refractivity (Wildman–Crippen MR) is 113 cm³/mol. The highest BCUT2D eigenvalue weighted by atomic mass is 32.2. The van der Waals surface area contributed by atoms with Gasteiger partial charge in [0.15, 0.2) is 0 Å². The molecule has 26 heavy (non-hydrogen) atoms. The number of unbranched alkanes of at least 4 members (excludes halogenated alkanes) is 9. The van der Waals surface area contributed by atoms with Crippen LogP contribution in [0.15, 0.2) is 0 Å². The molecule has 0 saturated carbocycles. The number of thioether (sulfide) groups is 1. The van der Waals surface area contributed by atoms with Crippen LogP contribution in [-0.4, -0.2) is 47.6 Å². The highest BCUT2D eigenvalue weighted by molar-refractivity contribution is 8.07. The number of ether oxygens (including phenoxy) is 1. The second-order valence-corrected chi connectivity index (χ2v) is 9.55. The van der Waals surface area contributed by atoms with Crippen LogP contribution >= 0.6 is 11.8 Å². The second kappa shape index (κ2) is 13.9. The molecule has 2 aliphatic rings. The van der Waals surface area contributed by atoms with E-state index in [1.165, 1.54) is 77.0 Å². The van der Waals surface area contributed by atoms with Crippen LogP contribution < -0.4 is 0 Å². The van der Waals surface area contributed by atoms with Crippen molar-refractivity contribution in [2.75, 3.05) is 26.3 Å². The first-order valence-corrected chi connectivity index (χ1v) is 12.3. The molecule has 2 atom stereocenters. The first kappa shape index (κ1) is 22.1. The summed E-state index contributed by atoms with van der Waals surface area (Å²) in [6, 6.07) is 0. The Balaban J connectivity index is 1.32. The van der Waals surface area contributed by atoms with Crippen molar-refractivity contribution in [2.24, 2.45) is 0 Å². The van der Waals surface area contributed by atoms with Crippen LogP contribution in [-0.2, 0) is 9.53 Å². The molecule has 0 aliphatic carbocycles. The highest BCUT2D eigenvalue weighted by Crippen LogP contribution is 2.47. The first-order valence-electron chi connectivity index (χ1n) is 11.3. The van der Waals surface area contributed by atoms with E-state index >= 15 is 0 Å². The maximum absolute atomic E-state index is 12.0. The Morgan fingerprint density at radius 1 is 0.846 bits per heavy atom. The number of carbonyl (C=O) groups is 1. The Labute approximate surface area is 166 Å². The normalized spacial score (nSPS) is 22.6. The van der Waals surface area contributed by atoms with E-state index in [0.29, 0.717) is 19.1 Å². The second-order valence-electron chi connectivity index (χ2n) is 8.07. The Morgan fingerprint density at radius 2 is 1.38 bits per heavy atom. The molecule has 4 heteroatoms. The fraction of sp³-hybridized carbons (Fsp3) is 0.955. The molecule has 2 rings (SSSR count). The van der Waals surface area contributed by atoms with Crippen molar-refractivity contribution in [1.82, 2.24) is 4.90 Å². The quantitative estimate of drug-likeness (QED) is 0.264. The fourth-order valence-electron chi connectivity index (χ4n) is 3.94. The molecule has 1 amide bonds. The number of hydrogen-bond acceptors (Lipinski definition) is 3. The van der Waals surface area contributed by atoms with Crippen LogP contribution in [0.3, 0.4) is 0 Å². The monoisotopic (exact) mass is 383 g/mol. The minimum absolute atomic E-state index is 0.334. The molecule has 0 aromatic heterocycles. The van der Waals surface area contributed by atoms with Gasteiger partial charge in [0.2, 0.25) is 5.91 Å². The van der Waals surface area contributed by atoms with Crippen molar-refractivity contribution in [2.45, 2.75) is 107 Å². The zero-order valence-corrected chi connectivity index (χ0v) is 17.9. The summed E-state index contributed by atoms with van der Waals surface area (Å²) < 4.78 is 5.30. The molecular weight excluding hydrogens is 342 g/mol.